The minimum Gasteiger partial charge on any atom is -0.481 e. The van der Waals surface area contributed by atoms with Crippen LogP contribution in [0.3, 0.4) is 0 Å². The number of nitrogens with zero attached hydrogens (tertiary/aromatic N) is 1. The first-order valence-corrected chi connectivity index (χ1v) is 6.59. The summed E-state index contributed by atoms with van der Waals surface area (Å²) in [6.07, 6.45) is 1.000. The van der Waals surface area contributed by atoms with Gasteiger partial charge in [-0.3, -0.25) is 14.9 Å². The van der Waals surface area contributed by atoms with Crippen molar-refractivity contribution in [2.24, 2.45) is 5.41 Å². The molecule has 0 fully saturated rings. The summed E-state index contributed by atoms with van der Waals surface area (Å²) >= 11 is 0. The van der Waals surface area contributed by atoms with E-state index in [9.17, 15) is 20.0 Å². The van der Waals surface area contributed by atoms with Gasteiger partial charge in [0, 0.05) is 23.9 Å². The number of carboxylic acid groups (broad SMARTS) is 1. The van der Waals surface area contributed by atoms with E-state index < -0.39 is 16.3 Å². The molecule has 0 heterocycles. The second-order valence-corrected chi connectivity index (χ2v) is 4.85. The van der Waals surface area contributed by atoms with E-state index in [4.69, 9.17) is 0 Å². The van der Waals surface area contributed by atoms with E-state index >= 15 is 0 Å². The Balaban J connectivity index is 2.97. The predicted octanol–water partition coefficient (Wildman–Crippen LogP) is 3.21. The number of nitrogens with one attached hydrogen (secondary N) is 1. The highest BCUT2D eigenvalue weighted by Crippen LogP contribution is 2.30. The van der Waals surface area contributed by atoms with Crippen molar-refractivity contribution in [2.75, 3.05) is 11.9 Å². The lowest BCUT2D eigenvalue weighted by molar-refractivity contribution is -0.385. The molecule has 0 amide bonds. The van der Waals surface area contributed by atoms with Crippen molar-refractivity contribution < 1.29 is 14.8 Å². The van der Waals surface area contributed by atoms with Crippen LogP contribution in [0.1, 0.15) is 32.3 Å². The van der Waals surface area contributed by atoms with Crippen LogP contribution in [0.15, 0.2) is 18.2 Å². The van der Waals surface area contributed by atoms with Crippen molar-refractivity contribution in [2.45, 2.75) is 33.6 Å². The van der Waals surface area contributed by atoms with Crippen LogP contribution in [0.5, 0.6) is 0 Å². The lowest BCUT2D eigenvalue weighted by Crippen LogP contribution is -2.37. The van der Waals surface area contributed by atoms with E-state index in [1.54, 1.807) is 19.1 Å². The number of hydrogen-bond acceptors (Lipinski definition) is 4. The van der Waals surface area contributed by atoms with E-state index in [1.165, 1.54) is 6.07 Å². The number of nitro groups is 1. The molecule has 0 aromatic heterocycles. The molecule has 0 radical (unpaired) electrons. The molecule has 110 valence electrons. The quantitative estimate of drug-likeness (QED) is 0.591. The molecule has 1 aromatic rings. The van der Waals surface area contributed by atoms with Gasteiger partial charge >= 0.3 is 5.97 Å². The van der Waals surface area contributed by atoms with Gasteiger partial charge in [0.25, 0.3) is 5.69 Å². The van der Waals surface area contributed by atoms with E-state index in [-0.39, 0.29) is 12.2 Å². The zero-order valence-corrected chi connectivity index (χ0v) is 12.0. The summed E-state index contributed by atoms with van der Waals surface area (Å²) < 4.78 is 0. The Morgan fingerprint density at radius 1 is 1.40 bits per heavy atom. The Bertz CT molecular complexity index is 510. The molecule has 0 bridgehead atoms. The molecule has 0 saturated heterocycles. The van der Waals surface area contributed by atoms with Gasteiger partial charge in [-0.1, -0.05) is 19.9 Å². The van der Waals surface area contributed by atoms with E-state index in [2.05, 4.69) is 5.32 Å². The summed E-state index contributed by atoms with van der Waals surface area (Å²) in [6, 6.07) is 4.75. The molecule has 0 atom stereocenters. The number of rotatable bonds is 7. The van der Waals surface area contributed by atoms with Crippen LogP contribution in [0.2, 0.25) is 0 Å². The lowest BCUT2D eigenvalue weighted by Gasteiger charge is -2.27. The number of anilines is 1. The molecule has 0 aliphatic heterocycles. The average Bonchev–Trinajstić information content (AvgIpc) is 2.41. The maximum Gasteiger partial charge on any atom is 0.311 e. The minimum absolute atomic E-state index is 0.0314. The number of hydrogen-bond donors (Lipinski definition) is 2. The molecule has 1 aromatic carbocycles. The van der Waals surface area contributed by atoms with E-state index in [0.717, 1.165) is 0 Å². The number of nitro benzene ring substituents is 1. The van der Waals surface area contributed by atoms with Gasteiger partial charge in [-0.05, 0) is 25.8 Å². The third kappa shape index (κ3) is 3.07. The van der Waals surface area contributed by atoms with Gasteiger partial charge in [-0.25, -0.2) is 0 Å². The standard InChI is InChI=1S/C14H20N2O4/c1-4-14(5-2,13(17)18)9-15-11-7-6-8-12(10(11)3)16(19)20/h6-8,15H,4-5,9H2,1-3H3,(H,17,18). The van der Waals surface area contributed by atoms with Gasteiger partial charge in [0.15, 0.2) is 0 Å². The van der Waals surface area contributed by atoms with Crippen molar-refractivity contribution in [1.82, 2.24) is 0 Å². The Kier molecular flexibility index (Phi) is 5.07. The van der Waals surface area contributed by atoms with Crippen LogP contribution in [0, 0.1) is 22.5 Å². The van der Waals surface area contributed by atoms with Gasteiger partial charge < -0.3 is 10.4 Å². The van der Waals surface area contributed by atoms with Crippen LogP contribution >= 0.6 is 0 Å². The molecule has 0 saturated carbocycles. The Morgan fingerprint density at radius 2 is 2.00 bits per heavy atom. The fourth-order valence-electron chi connectivity index (χ4n) is 2.16. The largest absolute Gasteiger partial charge is 0.481 e. The van der Waals surface area contributed by atoms with Crippen LogP contribution in [-0.2, 0) is 4.79 Å². The first kappa shape index (κ1) is 15.9. The highest BCUT2D eigenvalue weighted by molar-refractivity contribution is 5.75. The number of carboxylic acids is 1. The second kappa shape index (κ2) is 6.36. The Labute approximate surface area is 118 Å². The SMILES string of the molecule is CCC(CC)(CNc1cccc([N+](=O)[O-])c1C)C(=O)O. The Morgan fingerprint density at radius 3 is 2.45 bits per heavy atom. The summed E-state index contributed by atoms with van der Waals surface area (Å²) in [4.78, 5) is 21.9. The zero-order chi connectivity index (χ0) is 15.3. The molecule has 0 spiro atoms. The van der Waals surface area contributed by atoms with E-state index in [0.29, 0.717) is 24.1 Å². The smallest absolute Gasteiger partial charge is 0.311 e. The second-order valence-electron chi connectivity index (χ2n) is 4.85. The topological polar surface area (TPSA) is 92.5 Å². The van der Waals surface area contributed by atoms with Crippen molar-refractivity contribution in [3.8, 4) is 0 Å². The summed E-state index contributed by atoms with van der Waals surface area (Å²) in [5.41, 5.74) is 0.302. The van der Waals surface area contributed by atoms with Gasteiger partial charge in [-0.2, -0.15) is 0 Å². The maximum absolute atomic E-state index is 11.4. The Hall–Kier alpha value is -2.11. The molecule has 1 rings (SSSR count). The molecule has 6 nitrogen and oxygen atoms in total. The number of aliphatic carboxylic acids is 1. The highest BCUT2D eigenvalue weighted by Gasteiger charge is 2.34. The monoisotopic (exact) mass is 280 g/mol. The van der Waals surface area contributed by atoms with Gasteiger partial charge in [-0.15, -0.1) is 0 Å². The van der Waals surface area contributed by atoms with Crippen LogP contribution in [-0.4, -0.2) is 22.5 Å². The van der Waals surface area contributed by atoms with Gasteiger partial charge in [0.1, 0.15) is 0 Å². The first-order valence-electron chi connectivity index (χ1n) is 6.59. The van der Waals surface area contributed by atoms with Gasteiger partial charge in [0.05, 0.1) is 10.3 Å². The normalized spacial score (nSPS) is 11.2. The summed E-state index contributed by atoms with van der Waals surface area (Å²) in [5, 5.41) is 23.3. The summed E-state index contributed by atoms with van der Waals surface area (Å²) in [6.45, 7) is 5.57. The number of carbonyl (C=O) groups is 1. The molecular weight excluding hydrogens is 260 g/mol. The fourth-order valence-corrected chi connectivity index (χ4v) is 2.16. The molecule has 20 heavy (non-hydrogen) atoms. The zero-order valence-electron chi connectivity index (χ0n) is 12.0. The van der Waals surface area contributed by atoms with Crippen molar-refractivity contribution >= 4 is 17.3 Å². The van der Waals surface area contributed by atoms with Crippen molar-refractivity contribution in [1.29, 1.82) is 0 Å². The molecule has 2 N–H and O–H groups in total. The average molecular weight is 280 g/mol. The number of benzene rings is 1. The summed E-state index contributed by atoms with van der Waals surface area (Å²) in [5.74, 6) is -0.849. The minimum atomic E-state index is -0.850. The molecule has 0 aliphatic rings. The third-order valence-electron chi connectivity index (χ3n) is 3.93. The molecule has 6 heteroatoms. The van der Waals surface area contributed by atoms with Gasteiger partial charge in [0.2, 0.25) is 0 Å². The van der Waals surface area contributed by atoms with Crippen molar-refractivity contribution in [3.63, 3.8) is 0 Å². The summed E-state index contributed by atoms with van der Waals surface area (Å²) in [7, 11) is 0. The van der Waals surface area contributed by atoms with Crippen molar-refractivity contribution in [3.05, 3.63) is 33.9 Å². The van der Waals surface area contributed by atoms with Crippen LogP contribution in [0.25, 0.3) is 0 Å². The first-order chi connectivity index (χ1) is 9.38. The predicted molar refractivity (Wildman–Crippen MR) is 77.0 cm³/mol. The third-order valence-corrected chi connectivity index (χ3v) is 3.93. The highest BCUT2D eigenvalue weighted by atomic mass is 16.6. The fraction of sp³-hybridized carbons (Fsp3) is 0.500. The van der Waals surface area contributed by atoms with E-state index in [1.807, 2.05) is 13.8 Å². The van der Waals surface area contributed by atoms with Crippen LogP contribution in [0.4, 0.5) is 11.4 Å². The van der Waals surface area contributed by atoms with Crippen LogP contribution < -0.4 is 5.32 Å². The maximum atomic E-state index is 11.4. The molecule has 0 aliphatic carbocycles. The lowest BCUT2D eigenvalue weighted by atomic mass is 9.82. The molecular formula is C14H20N2O4. The molecule has 0 unspecified atom stereocenters.